The van der Waals surface area contributed by atoms with Gasteiger partial charge in [-0.25, -0.2) is 4.79 Å². The molecule has 4 nitrogen and oxygen atoms in total. The second kappa shape index (κ2) is 3.77. The summed E-state index contributed by atoms with van der Waals surface area (Å²) < 4.78 is 0. The maximum absolute atomic E-state index is 11.6. The van der Waals surface area contributed by atoms with E-state index in [1.165, 1.54) is 12.8 Å². The lowest BCUT2D eigenvalue weighted by Gasteiger charge is -2.31. The molecular formula is C10H19N3O. The Morgan fingerprint density at radius 3 is 2.43 bits per heavy atom. The third-order valence-corrected chi connectivity index (χ3v) is 3.51. The minimum absolute atomic E-state index is 0.175. The molecule has 1 N–H and O–H groups in total. The molecule has 0 aromatic rings. The first-order chi connectivity index (χ1) is 6.70. The molecule has 0 saturated carbocycles. The van der Waals surface area contributed by atoms with Gasteiger partial charge < -0.3 is 15.1 Å². The first kappa shape index (κ1) is 9.77. The van der Waals surface area contributed by atoms with Crippen molar-refractivity contribution in [3.8, 4) is 0 Å². The van der Waals surface area contributed by atoms with Gasteiger partial charge in [-0.05, 0) is 31.8 Å². The van der Waals surface area contributed by atoms with Gasteiger partial charge in [-0.15, -0.1) is 0 Å². The van der Waals surface area contributed by atoms with Gasteiger partial charge in [0.25, 0.3) is 0 Å². The zero-order valence-electron chi connectivity index (χ0n) is 8.99. The first-order valence-corrected chi connectivity index (χ1v) is 5.39. The van der Waals surface area contributed by atoms with Gasteiger partial charge >= 0.3 is 6.03 Å². The normalized spacial score (nSPS) is 30.1. The van der Waals surface area contributed by atoms with Crippen molar-refractivity contribution in [2.24, 2.45) is 5.92 Å². The number of nitrogens with one attached hydrogen (secondary N) is 1. The molecule has 2 saturated heterocycles. The predicted octanol–water partition coefficient (Wildman–Crippen LogP) is 0.352. The Bertz CT molecular complexity index is 225. The summed E-state index contributed by atoms with van der Waals surface area (Å²) in [4.78, 5) is 15.3. The maximum atomic E-state index is 11.6. The van der Waals surface area contributed by atoms with Gasteiger partial charge in [0.05, 0.1) is 6.04 Å². The molecule has 4 heteroatoms. The van der Waals surface area contributed by atoms with E-state index in [-0.39, 0.29) is 6.03 Å². The lowest BCUT2D eigenvalue weighted by atomic mass is 9.90. The fourth-order valence-electron chi connectivity index (χ4n) is 2.59. The van der Waals surface area contributed by atoms with E-state index in [9.17, 15) is 4.79 Å². The molecule has 0 radical (unpaired) electrons. The van der Waals surface area contributed by atoms with E-state index < -0.39 is 0 Å². The van der Waals surface area contributed by atoms with E-state index in [1.807, 2.05) is 23.9 Å². The van der Waals surface area contributed by atoms with Crippen molar-refractivity contribution in [1.29, 1.82) is 0 Å². The molecule has 0 bridgehead atoms. The van der Waals surface area contributed by atoms with Crippen LogP contribution in [0.5, 0.6) is 0 Å². The SMILES string of the molecule is CN1CC(C2CCNCC2)N(C)C1=O. The number of rotatable bonds is 1. The van der Waals surface area contributed by atoms with Crippen LogP contribution in [0.3, 0.4) is 0 Å². The summed E-state index contributed by atoms with van der Waals surface area (Å²) in [5, 5.41) is 3.36. The van der Waals surface area contributed by atoms with Crippen LogP contribution in [0.15, 0.2) is 0 Å². The second-order valence-corrected chi connectivity index (χ2v) is 4.43. The van der Waals surface area contributed by atoms with Crippen molar-refractivity contribution < 1.29 is 4.79 Å². The van der Waals surface area contributed by atoms with Crippen LogP contribution in [0.1, 0.15) is 12.8 Å². The average molecular weight is 197 g/mol. The largest absolute Gasteiger partial charge is 0.326 e. The Hall–Kier alpha value is -0.770. The Kier molecular flexibility index (Phi) is 2.63. The van der Waals surface area contributed by atoms with Crippen LogP contribution in [-0.2, 0) is 0 Å². The molecule has 2 heterocycles. The van der Waals surface area contributed by atoms with E-state index in [4.69, 9.17) is 0 Å². The zero-order valence-corrected chi connectivity index (χ0v) is 8.99. The fourth-order valence-corrected chi connectivity index (χ4v) is 2.59. The highest BCUT2D eigenvalue weighted by Crippen LogP contribution is 2.25. The van der Waals surface area contributed by atoms with Crippen LogP contribution in [0.25, 0.3) is 0 Å². The number of carbonyl (C=O) groups is 1. The molecule has 1 atom stereocenters. The van der Waals surface area contributed by atoms with Crippen LogP contribution >= 0.6 is 0 Å². The summed E-state index contributed by atoms with van der Waals surface area (Å²) in [5.74, 6) is 0.690. The number of hydrogen-bond acceptors (Lipinski definition) is 2. The molecule has 80 valence electrons. The van der Waals surface area contributed by atoms with Crippen molar-refractivity contribution >= 4 is 6.03 Å². The van der Waals surface area contributed by atoms with Gasteiger partial charge in [-0.2, -0.15) is 0 Å². The van der Waals surface area contributed by atoms with Gasteiger partial charge in [0, 0.05) is 20.6 Å². The van der Waals surface area contributed by atoms with Crippen LogP contribution < -0.4 is 5.32 Å². The summed E-state index contributed by atoms with van der Waals surface area (Å²) in [6.45, 7) is 3.11. The standard InChI is InChI=1S/C10H19N3O/c1-12-7-9(13(2)10(12)14)8-3-5-11-6-4-8/h8-9,11H,3-7H2,1-2H3. The Morgan fingerprint density at radius 1 is 1.29 bits per heavy atom. The lowest BCUT2D eigenvalue weighted by Crippen LogP contribution is -2.41. The van der Waals surface area contributed by atoms with E-state index in [2.05, 4.69) is 5.32 Å². The molecule has 2 amide bonds. The minimum atomic E-state index is 0.175. The summed E-state index contributed by atoms with van der Waals surface area (Å²) >= 11 is 0. The maximum Gasteiger partial charge on any atom is 0.319 e. The molecule has 2 rings (SSSR count). The van der Waals surface area contributed by atoms with Crippen molar-refractivity contribution in [2.45, 2.75) is 18.9 Å². The van der Waals surface area contributed by atoms with Gasteiger partial charge in [0.2, 0.25) is 0 Å². The number of urea groups is 1. The van der Waals surface area contributed by atoms with Crippen LogP contribution in [0.2, 0.25) is 0 Å². The monoisotopic (exact) mass is 197 g/mol. The van der Waals surface area contributed by atoms with Gasteiger partial charge in [-0.3, -0.25) is 0 Å². The molecule has 0 aromatic carbocycles. The van der Waals surface area contributed by atoms with Crippen LogP contribution in [0.4, 0.5) is 4.79 Å². The zero-order chi connectivity index (χ0) is 10.1. The molecule has 14 heavy (non-hydrogen) atoms. The Balaban J connectivity index is 2.00. The average Bonchev–Trinajstić information content (AvgIpc) is 2.47. The highest BCUT2D eigenvalue weighted by atomic mass is 16.2. The number of piperidine rings is 1. The molecule has 2 aliphatic heterocycles. The molecule has 1 unspecified atom stereocenters. The number of hydrogen-bond donors (Lipinski definition) is 1. The number of likely N-dealkylation sites (N-methyl/N-ethyl adjacent to an activating group) is 2. The van der Waals surface area contributed by atoms with E-state index in [0.29, 0.717) is 12.0 Å². The van der Waals surface area contributed by atoms with Gasteiger partial charge in [0.1, 0.15) is 0 Å². The third kappa shape index (κ3) is 1.59. The van der Waals surface area contributed by atoms with Crippen molar-refractivity contribution in [2.75, 3.05) is 33.7 Å². The molecule has 0 aliphatic carbocycles. The highest BCUT2D eigenvalue weighted by Gasteiger charge is 2.37. The Labute approximate surface area is 85.2 Å². The number of nitrogens with zero attached hydrogens (tertiary/aromatic N) is 2. The molecule has 0 aromatic heterocycles. The van der Waals surface area contributed by atoms with Crippen molar-refractivity contribution in [3.05, 3.63) is 0 Å². The summed E-state index contributed by atoms with van der Waals surface area (Å²) in [6.07, 6.45) is 2.41. The van der Waals surface area contributed by atoms with E-state index >= 15 is 0 Å². The quantitative estimate of drug-likeness (QED) is 0.658. The molecule has 2 fully saturated rings. The van der Waals surface area contributed by atoms with Gasteiger partial charge in [-0.1, -0.05) is 0 Å². The lowest BCUT2D eigenvalue weighted by molar-refractivity contribution is 0.184. The number of amides is 2. The van der Waals surface area contributed by atoms with Crippen molar-refractivity contribution in [3.63, 3.8) is 0 Å². The Morgan fingerprint density at radius 2 is 1.93 bits per heavy atom. The van der Waals surface area contributed by atoms with E-state index in [1.54, 1.807) is 0 Å². The smallest absolute Gasteiger partial charge is 0.319 e. The summed E-state index contributed by atoms with van der Waals surface area (Å²) in [5.41, 5.74) is 0. The molecule has 0 spiro atoms. The van der Waals surface area contributed by atoms with Gasteiger partial charge in [0.15, 0.2) is 0 Å². The second-order valence-electron chi connectivity index (χ2n) is 4.43. The molecule has 2 aliphatic rings. The van der Waals surface area contributed by atoms with Crippen LogP contribution in [-0.4, -0.2) is 55.6 Å². The summed E-state index contributed by atoms with van der Waals surface area (Å²) in [6, 6.07) is 0.614. The highest BCUT2D eigenvalue weighted by molar-refractivity contribution is 5.76. The molecular weight excluding hydrogens is 178 g/mol. The van der Waals surface area contributed by atoms with Crippen molar-refractivity contribution in [1.82, 2.24) is 15.1 Å². The predicted molar refractivity (Wildman–Crippen MR) is 55.2 cm³/mol. The van der Waals surface area contributed by atoms with E-state index in [0.717, 1.165) is 19.6 Å². The van der Waals surface area contributed by atoms with Crippen LogP contribution in [0, 0.1) is 5.92 Å². The third-order valence-electron chi connectivity index (χ3n) is 3.51. The summed E-state index contributed by atoms with van der Waals surface area (Å²) in [7, 11) is 3.82. The topological polar surface area (TPSA) is 35.6 Å². The minimum Gasteiger partial charge on any atom is -0.326 e. The fraction of sp³-hybridized carbons (Fsp3) is 0.900. The number of carbonyl (C=O) groups excluding carboxylic acids is 1. The first-order valence-electron chi connectivity index (χ1n) is 5.39.